The molecule has 0 spiro atoms. The van der Waals surface area contributed by atoms with Gasteiger partial charge >= 0.3 is 0 Å². The van der Waals surface area contributed by atoms with E-state index in [1.54, 1.807) is 0 Å². The van der Waals surface area contributed by atoms with Gasteiger partial charge in [-0.1, -0.05) is 19.8 Å². The van der Waals surface area contributed by atoms with Gasteiger partial charge in [0.1, 0.15) is 0 Å². The fourth-order valence-corrected chi connectivity index (χ4v) is 0.433. The molecule has 0 aliphatic carbocycles. The van der Waals surface area contributed by atoms with Crippen LogP contribution in [0.5, 0.6) is 0 Å². The highest BCUT2D eigenvalue weighted by molar-refractivity contribution is 4.98. The van der Waals surface area contributed by atoms with E-state index in [9.17, 15) is 0 Å². The monoisotopic (exact) mass is 112 g/mol. The molecule has 0 bridgehead atoms. The van der Waals surface area contributed by atoms with Crippen molar-refractivity contribution in [1.29, 1.82) is 0 Å². The molecule has 8 heavy (non-hydrogen) atoms. The predicted molar refractivity (Wildman–Crippen MR) is 34.8 cm³/mol. The van der Waals surface area contributed by atoms with Gasteiger partial charge in [0.2, 0.25) is 0 Å². The summed E-state index contributed by atoms with van der Waals surface area (Å²) >= 11 is 0. The third kappa shape index (κ3) is 1.97. The van der Waals surface area contributed by atoms with Crippen LogP contribution in [0.3, 0.4) is 0 Å². The first-order valence-corrected chi connectivity index (χ1v) is 2.64. The van der Waals surface area contributed by atoms with Gasteiger partial charge in [-0.2, -0.15) is 0 Å². The zero-order valence-corrected chi connectivity index (χ0v) is 5.31. The average molecular weight is 112 g/mol. The van der Waals surface area contributed by atoms with E-state index in [1.807, 2.05) is 13.8 Å². The lowest BCUT2D eigenvalue weighted by atomic mass is 10.1. The van der Waals surface area contributed by atoms with Gasteiger partial charge in [-0.25, -0.2) is 5.43 Å². The largest absolute Gasteiger partial charge is 0.270 e. The standard InChI is InChI=1S/C6H12N2/c1-4-6(8-7)5(2)3/h1,5-6,8H,7H2,2-3H3. The first kappa shape index (κ1) is 7.48. The van der Waals surface area contributed by atoms with Crippen LogP contribution < -0.4 is 11.3 Å². The molecule has 0 rings (SSSR count). The van der Waals surface area contributed by atoms with Gasteiger partial charge < -0.3 is 0 Å². The highest BCUT2D eigenvalue weighted by Crippen LogP contribution is 1.96. The van der Waals surface area contributed by atoms with Crippen molar-refractivity contribution in [2.24, 2.45) is 11.8 Å². The van der Waals surface area contributed by atoms with Crippen LogP contribution in [0.25, 0.3) is 0 Å². The van der Waals surface area contributed by atoms with Gasteiger partial charge in [-0.15, -0.1) is 6.42 Å². The van der Waals surface area contributed by atoms with Gasteiger partial charge in [0.15, 0.2) is 0 Å². The van der Waals surface area contributed by atoms with Gasteiger partial charge in [0, 0.05) is 0 Å². The number of hydrogen-bond donors (Lipinski definition) is 2. The van der Waals surface area contributed by atoms with Crippen LogP contribution in [0.15, 0.2) is 0 Å². The molecule has 0 saturated carbocycles. The Bertz CT molecular complexity index is 91.2. The molecule has 1 atom stereocenters. The fraction of sp³-hybridized carbons (Fsp3) is 0.667. The van der Waals surface area contributed by atoms with Crippen molar-refractivity contribution in [3.63, 3.8) is 0 Å². The minimum atomic E-state index is 0.00926. The summed E-state index contributed by atoms with van der Waals surface area (Å²) in [5, 5.41) is 0. The Morgan fingerprint density at radius 1 is 1.62 bits per heavy atom. The predicted octanol–water partition coefficient (Wildman–Crippen LogP) is 0.107. The Morgan fingerprint density at radius 3 is 2.12 bits per heavy atom. The molecule has 0 amide bonds. The first-order chi connectivity index (χ1) is 3.72. The quantitative estimate of drug-likeness (QED) is 0.302. The number of nitrogens with one attached hydrogen (secondary N) is 1. The first-order valence-electron chi connectivity index (χ1n) is 2.64. The summed E-state index contributed by atoms with van der Waals surface area (Å²) in [6.07, 6.45) is 5.09. The van der Waals surface area contributed by atoms with Crippen molar-refractivity contribution < 1.29 is 0 Å². The van der Waals surface area contributed by atoms with E-state index in [-0.39, 0.29) is 6.04 Å². The van der Waals surface area contributed by atoms with Crippen molar-refractivity contribution in [1.82, 2.24) is 5.43 Å². The van der Waals surface area contributed by atoms with Crippen LogP contribution in [0.4, 0.5) is 0 Å². The maximum Gasteiger partial charge on any atom is 0.0837 e. The van der Waals surface area contributed by atoms with Gasteiger partial charge in [-0.3, -0.25) is 5.84 Å². The molecular weight excluding hydrogens is 100 g/mol. The fourth-order valence-electron chi connectivity index (χ4n) is 0.433. The number of terminal acetylenes is 1. The van der Waals surface area contributed by atoms with Crippen molar-refractivity contribution in [2.75, 3.05) is 0 Å². The molecule has 0 aliphatic rings. The van der Waals surface area contributed by atoms with Crippen LogP contribution in [0.2, 0.25) is 0 Å². The summed E-state index contributed by atoms with van der Waals surface area (Å²) in [6.45, 7) is 4.04. The summed E-state index contributed by atoms with van der Waals surface area (Å²) in [5.74, 6) is 8.01. The van der Waals surface area contributed by atoms with E-state index in [0.29, 0.717) is 5.92 Å². The molecule has 2 heteroatoms. The lowest BCUT2D eigenvalue weighted by Crippen LogP contribution is -2.37. The lowest BCUT2D eigenvalue weighted by Gasteiger charge is -2.11. The molecule has 3 N–H and O–H groups in total. The lowest BCUT2D eigenvalue weighted by molar-refractivity contribution is 0.489. The van der Waals surface area contributed by atoms with Crippen LogP contribution in [0, 0.1) is 18.3 Å². The van der Waals surface area contributed by atoms with E-state index < -0.39 is 0 Å². The van der Waals surface area contributed by atoms with Gasteiger partial charge in [-0.05, 0) is 5.92 Å². The Morgan fingerprint density at radius 2 is 2.12 bits per heavy atom. The zero-order chi connectivity index (χ0) is 6.57. The summed E-state index contributed by atoms with van der Waals surface area (Å²) < 4.78 is 0. The summed E-state index contributed by atoms with van der Waals surface area (Å²) in [4.78, 5) is 0. The smallest absolute Gasteiger partial charge is 0.0837 e. The molecule has 46 valence electrons. The van der Waals surface area contributed by atoms with Crippen molar-refractivity contribution in [3.05, 3.63) is 0 Å². The Hall–Kier alpha value is -0.520. The van der Waals surface area contributed by atoms with Crippen molar-refractivity contribution in [2.45, 2.75) is 19.9 Å². The maximum atomic E-state index is 5.09. The summed E-state index contributed by atoms with van der Waals surface area (Å²) in [7, 11) is 0. The molecular formula is C6H12N2. The zero-order valence-electron chi connectivity index (χ0n) is 5.31. The average Bonchev–Trinajstić information content (AvgIpc) is 1.69. The van der Waals surface area contributed by atoms with Gasteiger partial charge in [0.05, 0.1) is 6.04 Å². The van der Waals surface area contributed by atoms with E-state index in [4.69, 9.17) is 12.3 Å². The van der Waals surface area contributed by atoms with E-state index >= 15 is 0 Å². The second-order valence-corrected chi connectivity index (χ2v) is 2.06. The third-order valence-electron chi connectivity index (χ3n) is 1.03. The molecule has 0 aromatic rings. The van der Waals surface area contributed by atoms with Crippen LogP contribution in [-0.2, 0) is 0 Å². The number of hydrazine groups is 1. The molecule has 0 heterocycles. The number of nitrogens with two attached hydrogens (primary N) is 1. The summed E-state index contributed by atoms with van der Waals surface area (Å²) in [5.41, 5.74) is 2.52. The van der Waals surface area contributed by atoms with E-state index in [2.05, 4.69) is 11.3 Å². The molecule has 0 aliphatic heterocycles. The SMILES string of the molecule is C#CC(NN)C(C)C. The maximum absolute atomic E-state index is 5.09. The Balaban J connectivity index is 3.57. The molecule has 1 unspecified atom stereocenters. The molecule has 0 aromatic heterocycles. The Labute approximate surface area is 50.4 Å². The normalized spacial score (nSPS) is 13.4. The highest BCUT2D eigenvalue weighted by Gasteiger charge is 2.04. The van der Waals surface area contributed by atoms with Crippen molar-refractivity contribution >= 4 is 0 Å². The molecule has 0 saturated heterocycles. The summed E-state index contributed by atoms with van der Waals surface area (Å²) in [6, 6.07) is 0.00926. The molecule has 0 radical (unpaired) electrons. The van der Waals surface area contributed by atoms with Crippen LogP contribution >= 0.6 is 0 Å². The molecule has 0 aromatic carbocycles. The number of hydrogen-bond acceptors (Lipinski definition) is 2. The minimum absolute atomic E-state index is 0.00926. The van der Waals surface area contributed by atoms with Crippen molar-refractivity contribution in [3.8, 4) is 12.3 Å². The highest BCUT2D eigenvalue weighted by atomic mass is 15.2. The molecule has 2 nitrogen and oxygen atoms in total. The van der Waals surface area contributed by atoms with E-state index in [1.165, 1.54) is 0 Å². The minimum Gasteiger partial charge on any atom is -0.270 e. The Kier molecular flexibility index (Phi) is 3.25. The molecule has 0 fully saturated rings. The second-order valence-electron chi connectivity index (χ2n) is 2.06. The van der Waals surface area contributed by atoms with Gasteiger partial charge in [0.25, 0.3) is 0 Å². The topological polar surface area (TPSA) is 38.0 Å². The number of rotatable bonds is 2. The van der Waals surface area contributed by atoms with Crippen LogP contribution in [-0.4, -0.2) is 6.04 Å². The van der Waals surface area contributed by atoms with E-state index in [0.717, 1.165) is 0 Å². The van der Waals surface area contributed by atoms with Crippen LogP contribution in [0.1, 0.15) is 13.8 Å². The second kappa shape index (κ2) is 3.48. The third-order valence-corrected chi connectivity index (χ3v) is 1.03.